The van der Waals surface area contributed by atoms with E-state index in [1.807, 2.05) is 0 Å². The molecule has 0 rings (SSSR count). The number of esters is 1. The molecule has 0 radical (unpaired) electrons. The van der Waals surface area contributed by atoms with Crippen LogP contribution in [0.1, 0.15) is 34.6 Å². The predicted octanol–water partition coefficient (Wildman–Crippen LogP) is 0.805. The Morgan fingerprint density at radius 3 is 2.10 bits per heavy atom. The number of amides is 2. The lowest BCUT2D eigenvalue weighted by Crippen LogP contribution is -2.49. The predicted molar refractivity (Wildman–Crippen MR) is 75.9 cm³/mol. The molecule has 0 aromatic rings. The van der Waals surface area contributed by atoms with Crippen molar-refractivity contribution in [2.24, 2.45) is 11.3 Å². The monoisotopic (exact) mass is 286 g/mol. The number of nitrogens with one attached hydrogen (secondary N) is 1. The molecule has 0 heterocycles. The molecule has 116 valence electrons. The van der Waals surface area contributed by atoms with Crippen molar-refractivity contribution < 1.29 is 19.1 Å². The molecule has 0 aliphatic rings. The average Bonchev–Trinajstić information content (AvgIpc) is 2.35. The Hall–Kier alpha value is -1.59. The topological polar surface area (TPSA) is 75.7 Å². The maximum Gasteiger partial charge on any atom is 0.310 e. The second-order valence-electron chi connectivity index (χ2n) is 6.09. The molecule has 0 saturated carbocycles. The van der Waals surface area contributed by atoms with Gasteiger partial charge in [-0.15, -0.1) is 0 Å². The summed E-state index contributed by atoms with van der Waals surface area (Å²) in [5.74, 6) is -1.19. The molecule has 0 saturated heterocycles. The van der Waals surface area contributed by atoms with E-state index in [1.165, 1.54) is 12.0 Å². The molecule has 0 bridgehead atoms. The SMILES string of the molecule is COC(=O)C(C)CN(C)C(=O)C(C)NC(=O)C(C)(C)C. The molecule has 20 heavy (non-hydrogen) atoms. The number of carbonyl (C=O) groups excluding carboxylic acids is 3. The van der Waals surface area contributed by atoms with Crippen LogP contribution in [0.2, 0.25) is 0 Å². The third-order valence-corrected chi connectivity index (χ3v) is 2.93. The van der Waals surface area contributed by atoms with Gasteiger partial charge in [-0.2, -0.15) is 0 Å². The van der Waals surface area contributed by atoms with Gasteiger partial charge in [-0.3, -0.25) is 14.4 Å². The van der Waals surface area contributed by atoms with Crippen LogP contribution in [-0.4, -0.2) is 49.4 Å². The molecule has 2 amide bonds. The smallest absolute Gasteiger partial charge is 0.310 e. The van der Waals surface area contributed by atoms with Gasteiger partial charge in [0.15, 0.2) is 0 Å². The van der Waals surface area contributed by atoms with Gasteiger partial charge in [0.05, 0.1) is 13.0 Å². The molecular formula is C14H26N2O4. The molecule has 6 heteroatoms. The highest BCUT2D eigenvalue weighted by atomic mass is 16.5. The Balaban J connectivity index is 4.51. The lowest BCUT2D eigenvalue weighted by molar-refractivity contribution is -0.146. The van der Waals surface area contributed by atoms with E-state index in [9.17, 15) is 14.4 Å². The van der Waals surface area contributed by atoms with E-state index in [0.29, 0.717) is 0 Å². The fourth-order valence-corrected chi connectivity index (χ4v) is 1.58. The fourth-order valence-electron chi connectivity index (χ4n) is 1.58. The summed E-state index contributed by atoms with van der Waals surface area (Å²) >= 11 is 0. The van der Waals surface area contributed by atoms with Crippen molar-refractivity contribution in [1.82, 2.24) is 10.2 Å². The summed E-state index contributed by atoms with van der Waals surface area (Å²) in [6.07, 6.45) is 0. The Labute approximate surface area is 120 Å². The van der Waals surface area contributed by atoms with Crippen LogP contribution in [0.3, 0.4) is 0 Å². The Kier molecular flexibility index (Phi) is 6.68. The van der Waals surface area contributed by atoms with Crippen molar-refractivity contribution in [2.75, 3.05) is 20.7 Å². The van der Waals surface area contributed by atoms with E-state index < -0.39 is 17.4 Å². The second kappa shape index (κ2) is 7.26. The average molecular weight is 286 g/mol. The molecular weight excluding hydrogens is 260 g/mol. The van der Waals surface area contributed by atoms with E-state index in [-0.39, 0.29) is 24.3 Å². The highest BCUT2D eigenvalue weighted by molar-refractivity contribution is 5.89. The van der Waals surface area contributed by atoms with Gasteiger partial charge in [0.2, 0.25) is 11.8 Å². The zero-order valence-corrected chi connectivity index (χ0v) is 13.4. The number of carbonyl (C=O) groups is 3. The number of rotatable bonds is 5. The number of ether oxygens (including phenoxy) is 1. The molecule has 0 aromatic heterocycles. The first-order chi connectivity index (χ1) is 9.00. The zero-order chi connectivity index (χ0) is 16.1. The largest absolute Gasteiger partial charge is 0.469 e. The number of methoxy groups -OCH3 is 1. The van der Waals surface area contributed by atoms with Crippen LogP contribution in [0.4, 0.5) is 0 Å². The van der Waals surface area contributed by atoms with Gasteiger partial charge in [0.1, 0.15) is 6.04 Å². The minimum absolute atomic E-state index is 0.187. The van der Waals surface area contributed by atoms with Crippen LogP contribution >= 0.6 is 0 Å². The third kappa shape index (κ3) is 5.59. The van der Waals surface area contributed by atoms with Gasteiger partial charge in [-0.05, 0) is 6.92 Å². The highest BCUT2D eigenvalue weighted by Crippen LogP contribution is 2.13. The lowest BCUT2D eigenvalue weighted by atomic mass is 9.95. The summed E-state index contributed by atoms with van der Waals surface area (Å²) in [5, 5.41) is 2.67. The molecule has 2 atom stereocenters. The molecule has 0 aromatic carbocycles. The van der Waals surface area contributed by atoms with E-state index in [2.05, 4.69) is 10.1 Å². The summed E-state index contributed by atoms with van der Waals surface area (Å²) in [5.41, 5.74) is -0.549. The fraction of sp³-hybridized carbons (Fsp3) is 0.786. The van der Waals surface area contributed by atoms with Crippen molar-refractivity contribution in [1.29, 1.82) is 0 Å². The minimum atomic E-state index is -0.628. The first-order valence-electron chi connectivity index (χ1n) is 6.64. The van der Waals surface area contributed by atoms with Crippen LogP contribution in [0.25, 0.3) is 0 Å². The lowest BCUT2D eigenvalue weighted by Gasteiger charge is -2.26. The van der Waals surface area contributed by atoms with Crippen molar-refractivity contribution in [2.45, 2.75) is 40.7 Å². The van der Waals surface area contributed by atoms with E-state index in [0.717, 1.165) is 0 Å². The van der Waals surface area contributed by atoms with Gasteiger partial charge in [-0.25, -0.2) is 0 Å². The molecule has 6 nitrogen and oxygen atoms in total. The Morgan fingerprint density at radius 1 is 1.20 bits per heavy atom. The second-order valence-corrected chi connectivity index (χ2v) is 6.09. The van der Waals surface area contributed by atoms with Gasteiger partial charge < -0.3 is 15.0 Å². The zero-order valence-electron chi connectivity index (χ0n) is 13.4. The number of hydrogen-bond acceptors (Lipinski definition) is 4. The molecule has 0 fully saturated rings. The number of hydrogen-bond donors (Lipinski definition) is 1. The maximum atomic E-state index is 12.1. The van der Waals surface area contributed by atoms with E-state index >= 15 is 0 Å². The third-order valence-electron chi connectivity index (χ3n) is 2.93. The summed E-state index contributed by atoms with van der Waals surface area (Å²) in [6.45, 7) is 8.91. The van der Waals surface area contributed by atoms with Crippen LogP contribution in [0.15, 0.2) is 0 Å². The van der Waals surface area contributed by atoms with E-state index in [1.54, 1.807) is 41.7 Å². The summed E-state index contributed by atoms with van der Waals surface area (Å²) in [4.78, 5) is 36.7. The van der Waals surface area contributed by atoms with Crippen molar-refractivity contribution >= 4 is 17.8 Å². The minimum Gasteiger partial charge on any atom is -0.469 e. The summed E-state index contributed by atoms with van der Waals surface area (Å²) in [7, 11) is 2.91. The molecule has 0 spiro atoms. The summed E-state index contributed by atoms with van der Waals surface area (Å²) < 4.78 is 4.62. The van der Waals surface area contributed by atoms with Gasteiger partial charge in [0.25, 0.3) is 0 Å². The molecule has 0 aliphatic heterocycles. The van der Waals surface area contributed by atoms with Crippen LogP contribution < -0.4 is 5.32 Å². The first-order valence-corrected chi connectivity index (χ1v) is 6.64. The van der Waals surface area contributed by atoms with Crippen LogP contribution in [0, 0.1) is 11.3 Å². The first kappa shape index (κ1) is 18.4. The summed E-state index contributed by atoms with van der Waals surface area (Å²) in [6, 6.07) is -0.628. The van der Waals surface area contributed by atoms with Crippen LogP contribution in [0.5, 0.6) is 0 Å². The molecule has 1 N–H and O–H groups in total. The normalized spacial score (nSPS) is 14.2. The van der Waals surface area contributed by atoms with Crippen molar-refractivity contribution in [3.05, 3.63) is 0 Å². The number of nitrogens with zero attached hydrogens (tertiary/aromatic N) is 1. The van der Waals surface area contributed by atoms with Crippen molar-refractivity contribution in [3.63, 3.8) is 0 Å². The standard InChI is InChI=1S/C14H26N2O4/c1-9(12(18)20-7)8-16(6)11(17)10(2)15-13(19)14(3,4)5/h9-10H,8H2,1-7H3,(H,15,19). The highest BCUT2D eigenvalue weighted by Gasteiger charge is 2.27. The van der Waals surface area contributed by atoms with Gasteiger partial charge in [0, 0.05) is 19.0 Å². The Bertz CT molecular complexity index is 374. The Morgan fingerprint density at radius 2 is 1.70 bits per heavy atom. The van der Waals surface area contributed by atoms with Crippen LogP contribution in [-0.2, 0) is 19.1 Å². The van der Waals surface area contributed by atoms with Gasteiger partial charge >= 0.3 is 5.97 Å². The number of likely N-dealkylation sites (N-methyl/N-ethyl adjacent to an activating group) is 1. The quantitative estimate of drug-likeness (QED) is 0.759. The molecule has 2 unspecified atom stereocenters. The molecule has 0 aliphatic carbocycles. The van der Waals surface area contributed by atoms with E-state index in [4.69, 9.17) is 0 Å². The van der Waals surface area contributed by atoms with Crippen molar-refractivity contribution in [3.8, 4) is 0 Å². The maximum absolute atomic E-state index is 12.1. The van der Waals surface area contributed by atoms with Gasteiger partial charge in [-0.1, -0.05) is 27.7 Å².